The van der Waals surface area contributed by atoms with Gasteiger partial charge in [-0.05, 0) is 30.2 Å². The summed E-state index contributed by atoms with van der Waals surface area (Å²) in [5.74, 6) is -1.14. The van der Waals surface area contributed by atoms with Crippen molar-refractivity contribution in [1.82, 2.24) is 9.88 Å². The number of ether oxygens (including phenoxy) is 1. The topological polar surface area (TPSA) is 79.7 Å². The van der Waals surface area contributed by atoms with Gasteiger partial charge in [0.25, 0.3) is 0 Å². The van der Waals surface area contributed by atoms with Crippen molar-refractivity contribution in [2.45, 2.75) is 19.4 Å². The van der Waals surface area contributed by atoms with Crippen molar-refractivity contribution in [2.24, 2.45) is 0 Å². The first-order valence-corrected chi connectivity index (χ1v) is 6.76. The summed E-state index contributed by atoms with van der Waals surface area (Å²) < 4.78 is 5.25. The van der Waals surface area contributed by atoms with Crippen molar-refractivity contribution in [3.8, 4) is 0 Å². The van der Waals surface area contributed by atoms with Gasteiger partial charge < -0.3 is 14.7 Å². The Kier molecular flexibility index (Phi) is 5.05. The van der Waals surface area contributed by atoms with E-state index in [1.807, 2.05) is 13.0 Å². The molecule has 0 spiro atoms. The molecule has 0 aliphatic carbocycles. The lowest BCUT2D eigenvalue weighted by atomic mass is 10.1. The fraction of sp³-hybridized carbons (Fsp3) is 0.400. The van der Waals surface area contributed by atoms with Gasteiger partial charge in [0.1, 0.15) is 0 Å². The van der Waals surface area contributed by atoms with Crippen molar-refractivity contribution < 1.29 is 19.4 Å². The number of rotatable bonds is 4. The van der Waals surface area contributed by atoms with Crippen molar-refractivity contribution in [1.29, 1.82) is 0 Å². The summed E-state index contributed by atoms with van der Waals surface area (Å²) in [6, 6.07) is 1.51. The lowest BCUT2D eigenvalue weighted by Gasteiger charge is -2.34. The molecule has 6 nitrogen and oxygen atoms in total. The maximum Gasteiger partial charge on any atom is 0.305 e. The molecule has 2 rings (SSSR count). The number of amides is 1. The number of pyridine rings is 1. The van der Waals surface area contributed by atoms with E-state index < -0.39 is 12.0 Å². The van der Waals surface area contributed by atoms with Crippen LogP contribution in [0.4, 0.5) is 0 Å². The zero-order valence-corrected chi connectivity index (χ0v) is 11.9. The molecule has 1 aliphatic rings. The van der Waals surface area contributed by atoms with Gasteiger partial charge in [0.15, 0.2) is 0 Å². The molecule has 0 aromatic carbocycles. The molecule has 1 aromatic heterocycles. The minimum Gasteiger partial charge on any atom is -0.481 e. The zero-order valence-electron chi connectivity index (χ0n) is 11.9. The molecule has 1 aliphatic heterocycles. The van der Waals surface area contributed by atoms with Gasteiger partial charge in [0, 0.05) is 25.0 Å². The summed E-state index contributed by atoms with van der Waals surface area (Å²) in [4.78, 5) is 28.7. The van der Waals surface area contributed by atoms with E-state index >= 15 is 0 Å². The number of morpholine rings is 1. The van der Waals surface area contributed by atoms with Crippen LogP contribution in [0.25, 0.3) is 6.08 Å². The van der Waals surface area contributed by atoms with Crippen LogP contribution in [0.3, 0.4) is 0 Å². The minimum atomic E-state index is -0.935. The second kappa shape index (κ2) is 6.99. The molecule has 0 radical (unpaired) electrons. The Bertz CT molecular complexity index is 556. The molecular weight excluding hydrogens is 272 g/mol. The first-order chi connectivity index (χ1) is 10.1. The van der Waals surface area contributed by atoms with Crippen LogP contribution in [0.1, 0.15) is 17.5 Å². The molecule has 1 aromatic rings. The normalized spacial score (nSPS) is 18.9. The van der Waals surface area contributed by atoms with Crippen LogP contribution in [0.15, 0.2) is 24.5 Å². The summed E-state index contributed by atoms with van der Waals surface area (Å²) >= 11 is 0. The van der Waals surface area contributed by atoms with Gasteiger partial charge in [-0.2, -0.15) is 0 Å². The maximum absolute atomic E-state index is 12.2. The van der Waals surface area contributed by atoms with Gasteiger partial charge in [-0.15, -0.1) is 0 Å². The quantitative estimate of drug-likeness (QED) is 0.840. The Morgan fingerprint density at radius 1 is 1.52 bits per heavy atom. The van der Waals surface area contributed by atoms with E-state index in [1.165, 1.54) is 6.08 Å². The predicted molar refractivity (Wildman–Crippen MR) is 76.6 cm³/mol. The Morgan fingerprint density at radius 2 is 2.33 bits per heavy atom. The Hall–Kier alpha value is -2.21. The fourth-order valence-electron chi connectivity index (χ4n) is 2.25. The van der Waals surface area contributed by atoms with Gasteiger partial charge >= 0.3 is 5.97 Å². The average Bonchev–Trinajstić information content (AvgIpc) is 2.45. The van der Waals surface area contributed by atoms with Gasteiger partial charge in [-0.3, -0.25) is 14.6 Å². The monoisotopic (exact) mass is 290 g/mol. The van der Waals surface area contributed by atoms with Crippen LogP contribution in [-0.2, 0) is 14.3 Å². The van der Waals surface area contributed by atoms with E-state index in [0.29, 0.717) is 13.2 Å². The SMILES string of the molecule is Cc1cncc(/C=C/C(=O)N2CCOCC2CC(=O)O)c1. The van der Waals surface area contributed by atoms with Crippen molar-refractivity contribution in [3.05, 3.63) is 35.7 Å². The zero-order chi connectivity index (χ0) is 15.2. The Labute approximate surface area is 123 Å². The molecule has 2 heterocycles. The third kappa shape index (κ3) is 4.39. The number of carboxylic acids is 1. The second-order valence-corrected chi connectivity index (χ2v) is 4.99. The number of carbonyl (C=O) groups excluding carboxylic acids is 1. The highest BCUT2D eigenvalue weighted by atomic mass is 16.5. The smallest absolute Gasteiger partial charge is 0.305 e. The van der Waals surface area contributed by atoms with Gasteiger partial charge in [-0.1, -0.05) is 0 Å². The number of nitrogens with zero attached hydrogens (tertiary/aromatic N) is 2. The number of carbonyl (C=O) groups is 2. The number of hydrogen-bond donors (Lipinski definition) is 1. The van der Waals surface area contributed by atoms with Crippen LogP contribution >= 0.6 is 0 Å². The molecule has 6 heteroatoms. The lowest BCUT2D eigenvalue weighted by molar-refractivity contribution is -0.143. The number of aromatic nitrogens is 1. The minimum absolute atomic E-state index is 0.106. The van der Waals surface area contributed by atoms with Crippen molar-refractivity contribution in [2.75, 3.05) is 19.8 Å². The van der Waals surface area contributed by atoms with Gasteiger partial charge in [-0.25, -0.2) is 0 Å². The van der Waals surface area contributed by atoms with E-state index in [2.05, 4.69) is 4.98 Å². The number of carboxylic acid groups (broad SMARTS) is 1. The third-order valence-corrected chi connectivity index (χ3v) is 3.24. The molecule has 1 atom stereocenters. The van der Waals surface area contributed by atoms with Crippen molar-refractivity contribution >= 4 is 18.0 Å². The van der Waals surface area contributed by atoms with Crippen LogP contribution in [0, 0.1) is 6.92 Å². The lowest BCUT2D eigenvalue weighted by Crippen LogP contribution is -2.49. The van der Waals surface area contributed by atoms with E-state index in [-0.39, 0.29) is 18.9 Å². The summed E-state index contributed by atoms with van der Waals surface area (Å²) in [6.45, 7) is 3.03. The number of hydrogen-bond acceptors (Lipinski definition) is 4. The number of aliphatic carboxylic acids is 1. The largest absolute Gasteiger partial charge is 0.481 e. The second-order valence-electron chi connectivity index (χ2n) is 4.99. The Balaban J connectivity index is 2.05. The van der Waals surface area contributed by atoms with Crippen LogP contribution in [0.2, 0.25) is 0 Å². The standard InChI is InChI=1S/C15H18N2O4/c1-11-6-12(9-16-8-11)2-3-14(18)17-4-5-21-10-13(17)7-15(19)20/h2-3,6,8-9,13H,4-5,7,10H2,1H3,(H,19,20)/b3-2+. The first kappa shape index (κ1) is 15.2. The maximum atomic E-state index is 12.2. The summed E-state index contributed by atoms with van der Waals surface area (Å²) in [7, 11) is 0. The molecule has 1 saturated heterocycles. The number of aryl methyl sites for hydroxylation is 1. The van der Waals surface area contributed by atoms with Gasteiger partial charge in [0.05, 0.1) is 25.7 Å². The molecule has 0 bridgehead atoms. The summed E-state index contributed by atoms with van der Waals surface area (Å²) in [5, 5.41) is 8.88. The van der Waals surface area contributed by atoms with Gasteiger partial charge in [0.2, 0.25) is 5.91 Å². The fourth-order valence-corrected chi connectivity index (χ4v) is 2.25. The molecule has 1 fully saturated rings. The summed E-state index contributed by atoms with van der Waals surface area (Å²) in [6.07, 6.45) is 6.45. The molecule has 1 amide bonds. The van der Waals surface area contributed by atoms with Crippen LogP contribution in [0.5, 0.6) is 0 Å². The predicted octanol–water partition coefficient (Wildman–Crippen LogP) is 1.11. The third-order valence-electron chi connectivity index (χ3n) is 3.24. The molecule has 21 heavy (non-hydrogen) atoms. The molecule has 112 valence electrons. The van der Waals surface area contributed by atoms with Crippen molar-refractivity contribution in [3.63, 3.8) is 0 Å². The van der Waals surface area contributed by atoms with E-state index in [4.69, 9.17) is 9.84 Å². The first-order valence-electron chi connectivity index (χ1n) is 6.76. The highest BCUT2D eigenvalue weighted by molar-refractivity contribution is 5.92. The Morgan fingerprint density at radius 3 is 3.05 bits per heavy atom. The molecule has 1 N–H and O–H groups in total. The molecule has 0 saturated carbocycles. The van der Waals surface area contributed by atoms with E-state index in [0.717, 1.165) is 11.1 Å². The van der Waals surface area contributed by atoms with E-state index in [9.17, 15) is 9.59 Å². The molecular formula is C15H18N2O4. The summed E-state index contributed by atoms with van der Waals surface area (Å²) in [5.41, 5.74) is 1.85. The highest BCUT2D eigenvalue weighted by Gasteiger charge is 2.27. The molecule has 1 unspecified atom stereocenters. The van der Waals surface area contributed by atoms with Crippen LogP contribution < -0.4 is 0 Å². The van der Waals surface area contributed by atoms with Crippen LogP contribution in [-0.4, -0.2) is 52.7 Å². The van der Waals surface area contributed by atoms with E-state index in [1.54, 1.807) is 23.4 Å². The highest BCUT2D eigenvalue weighted by Crippen LogP contribution is 2.12. The average molecular weight is 290 g/mol.